The number of hydrogen-bond donors (Lipinski definition) is 6. The van der Waals surface area contributed by atoms with Crippen LogP contribution in [-0.2, 0) is 9.13 Å². The Kier molecular flexibility index (Phi) is 22.3. The summed E-state index contributed by atoms with van der Waals surface area (Å²) in [6.07, 6.45) is 18.1. The molecule has 0 heterocycles. The van der Waals surface area contributed by atoms with Gasteiger partial charge in [-0.3, -0.25) is 0 Å². The summed E-state index contributed by atoms with van der Waals surface area (Å²) in [6.45, 7) is 9.44. The molecule has 0 aliphatic heterocycles. The minimum Gasteiger partial charge on any atom is -0.303 e. The summed E-state index contributed by atoms with van der Waals surface area (Å²) in [4.78, 5) is 43.1. The van der Waals surface area contributed by atoms with Crippen LogP contribution >= 0.6 is 22.9 Å². The molecule has 0 aliphatic carbocycles. The zero-order chi connectivity index (χ0) is 22.0. The van der Waals surface area contributed by atoms with Crippen molar-refractivity contribution < 1.29 is 38.5 Å². The van der Waals surface area contributed by atoms with E-state index >= 15 is 0 Å². The van der Waals surface area contributed by atoms with Crippen LogP contribution in [-0.4, -0.2) is 54.0 Å². The van der Waals surface area contributed by atoms with Gasteiger partial charge in [-0.1, -0.05) is 0 Å². The second-order valence-electron chi connectivity index (χ2n) is 6.94. The minimum atomic E-state index is -4.64. The summed E-state index contributed by atoms with van der Waals surface area (Å²) in [7, 11) is -10.2. The first-order valence-corrected chi connectivity index (χ1v) is 15.8. The summed E-state index contributed by atoms with van der Waals surface area (Å²) in [6, 6.07) is 0. The standard InChI is InChI=1S/C16H37P.2H3O4P/c1-5-9-13-17(14-10-6-2,15-11-7-3)16-12-8-4;2*1-5(2,3)4/h17H,5-16H2,1-4H3;2*(H3,1,2,3,4). The molecule has 0 radical (unpaired) electrons. The van der Waals surface area contributed by atoms with Crippen LogP contribution in [0.25, 0.3) is 0 Å². The molecule has 170 valence electrons. The van der Waals surface area contributed by atoms with Gasteiger partial charge >= 0.3 is 127 Å². The van der Waals surface area contributed by atoms with Gasteiger partial charge in [0.2, 0.25) is 0 Å². The normalized spacial score (nSPS) is 12.5. The maximum absolute atomic E-state index is 8.88. The molecule has 6 N–H and O–H groups in total. The van der Waals surface area contributed by atoms with Crippen molar-refractivity contribution in [3.05, 3.63) is 0 Å². The van der Waals surface area contributed by atoms with Gasteiger partial charge in [-0.15, -0.1) is 0 Å². The largest absolute Gasteiger partial charge is 0.466 e. The van der Waals surface area contributed by atoms with E-state index in [0.29, 0.717) is 0 Å². The average Bonchev–Trinajstić information content (AvgIpc) is 2.50. The Morgan fingerprint density at radius 1 is 0.519 bits per heavy atom. The van der Waals surface area contributed by atoms with Crippen LogP contribution in [0.15, 0.2) is 0 Å². The third kappa shape index (κ3) is 38.0. The molecule has 0 aliphatic rings. The monoisotopic (exact) mass is 456 g/mol. The van der Waals surface area contributed by atoms with Crippen molar-refractivity contribution in [1.82, 2.24) is 0 Å². The van der Waals surface area contributed by atoms with Gasteiger partial charge < -0.3 is 29.4 Å². The molecule has 0 bridgehead atoms. The number of rotatable bonds is 12. The van der Waals surface area contributed by atoms with Gasteiger partial charge in [-0.2, -0.15) is 0 Å². The van der Waals surface area contributed by atoms with E-state index in [1.807, 2.05) is 0 Å². The van der Waals surface area contributed by atoms with Crippen molar-refractivity contribution in [2.24, 2.45) is 0 Å². The third-order valence-electron chi connectivity index (χ3n) is 4.24. The Hall–Kier alpha value is 0.650. The quantitative estimate of drug-likeness (QED) is 0.240. The molecule has 0 aromatic rings. The molecule has 0 rings (SSSR count). The summed E-state index contributed by atoms with van der Waals surface area (Å²) >= 11 is 0. The van der Waals surface area contributed by atoms with Crippen LogP contribution in [0.3, 0.4) is 0 Å². The van der Waals surface area contributed by atoms with Crippen molar-refractivity contribution in [2.45, 2.75) is 79.1 Å². The number of unbranched alkanes of at least 4 members (excludes halogenated alkanes) is 4. The van der Waals surface area contributed by atoms with Crippen molar-refractivity contribution in [3.8, 4) is 0 Å². The average molecular weight is 456 g/mol. The smallest absolute Gasteiger partial charge is 0.303 e. The van der Waals surface area contributed by atoms with Crippen molar-refractivity contribution >= 4 is 22.9 Å². The van der Waals surface area contributed by atoms with Crippen molar-refractivity contribution in [3.63, 3.8) is 0 Å². The topological polar surface area (TPSA) is 156 Å². The van der Waals surface area contributed by atoms with Crippen LogP contribution < -0.4 is 0 Å². The van der Waals surface area contributed by atoms with Gasteiger partial charge in [0.1, 0.15) is 0 Å². The Bertz CT molecular complexity index is 334. The molecule has 11 heteroatoms. The molecule has 0 atom stereocenters. The van der Waals surface area contributed by atoms with E-state index in [-0.39, 0.29) is 0 Å². The molecule has 0 fully saturated rings. The summed E-state index contributed by atoms with van der Waals surface area (Å²) in [5, 5.41) is 0. The SMILES string of the molecule is CCCC[PH](CCCC)(CCCC)CCCC.O=P(O)(O)O.O=P(O)(O)O. The summed E-state index contributed by atoms with van der Waals surface area (Å²) in [5.41, 5.74) is 0. The second kappa shape index (κ2) is 18.7. The minimum absolute atomic E-state index is 0.879. The molecule has 0 aromatic carbocycles. The maximum Gasteiger partial charge on any atom is 0.466 e. The molecule has 0 saturated heterocycles. The first-order chi connectivity index (χ1) is 12.2. The number of hydrogen-bond acceptors (Lipinski definition) is 2. The van der Waals surface area contributed by atoms with E-state index in [1.165, 1.54) is 51.4 Å². The first-order valence-electron chi connectivity index (χ1n) is 9.81. The van der Waals surface area contributed by atoms with Crippen LogP contribution in [0.1, 0.15) is 79.1 Å². The zero-order valence-electron chi connectivity index (χ0n) is 17.4. The zero-order valence-corrected chi connectivity index (χ0v) is 20.2. The van der Waals surface area contributed by atoms with Crippen LogP contribution in [0.5, 0.6) is 0 Å². The third-order valence-corrected chi connectivity index (χ3v) is 9.90. The predicted octanol–water partition coefficient (Wildman–Crippen LogP) is 4.08. The molecule has 0 spiro atoms. The van der Waals surface area contributed by atoms with E-state index in [9.17, 15) is 0 Å². The summed E-state index contributed by atoms with van der Waals surface area (Å²) < 4.78 is 17.8. The fourth-order valence-corrected chi connectivity index (χ4v) is 8.87. The molecule has 8 nitrogen and oxygen atoms in total. The fourth-order valence-electron chi connectivity index (χ4n) is 2.96. The van der Waals surface area contributed by atoms with Gasteiger partial charge in [0.05, 0.1) is 0 Å². The van der Waals surface area contributed by atoms with E-state index in [2.05, 4.69) is 27.7 Å². The predicted molar refractivity (Wildman–Crippen MR) is 116 cm³/mol. The molecule has 0 unspecified atom stereocenters. The van der Waals surface area contributed by atoms with Crippen LogP contribution in [0.4, 0.5) is 0 Å². The first kappa shape index (κ1) is 32.3. The van der Waals surface area contributed by atoms with Crippen LogP contribution in [0, 0.1) is 0 Å². The van der Waals surface area contributed by atoms with Gasteiger partial charge in [0.25, 0.3) is 0 Å². The Balaban J connectivity index is -0.000000471. The van der Waals surface area contributed by atoms with E-state index in [0.717, 1.165) is 0 Å². The molecule has 0 aromatic heterocycles. The van der Waals surface area contributed by atoms with E-state index in [4.69, 9.17) is 38.5 Å². The van der Waals surface area contributed by atoms with Gasteiger partial charge in [0.15, 0.2) is 0 Å². The van der Waals surface area contributed by atoms with Gasteiger partial charge in [-0.05, 0) is 0 Å². The Morgan fingerprint density at radius 2 is 0.667 bits per heavy atom. The maximum atomic E-state index is 8.88. The Morgan fingerprint density at radius 3 is 0.778 bits per heavy atom. The Labute approximate surface area is 165 Å². The summed E-state index contributed by atoms with van der Waals surface area (Å²) in [5.74, 6) is 0. The van der Waals surface area contributed by atoms with Crippen molar-refractivity contribution in [1.29, 1.82) is 0 Å². The number of phosphoric acid groups is 2. The van der Waals surface area contributed by atoms with E-state index < -0.39 is 22.9 Å². The van der Waals surface area contributed by atoms with Gasteiger partial charge in [0, 0.05) is 0 Å². The molecule has 27 heavy (non-hydrogen) atoms. The van der Waals surface area contributed by atoms with Crippen molar-refractivity contribution in [2.75, 3.05) is 24.6 Å². The molecular weight excluding hydrogens is 413 g/mol. The fraction of sp³-hybridized carbons (Fsp3) is 1.00. The second-order valence-corrected chi connectivity index (χ2v) is 14.0. The van der Waals surface area contributed by atoms with E-state index in [1.54, 1.807) is 24.6 Å². The van der Waals surface area contributed by atoms with Crippen LogP contribution in [0.2, 0.25) is 0 Å². The molecule has 0 saturated carbocycles. The van der Waals surface area contributed by atoms with Gasteiger partial charge in [-0.25, -0.2) is 9.13 Å². The molecule has 0 amide bonds. The molecular formula is C16H43O8P3.